The van der Waals surface area contributed by atoms with Gasteiger partial charge in [-0.3, -0.25) is 0 Å². The van der Waals surface area contributed by atoms with Gasteiger partial charge >= 0.3 is 0 Å². The van der Waals surface area contributed by atoms with Crippen LogP contribution < -0.4 is 0 Å². The van der Waals surface area contributed by atoms with E-state index in [0.717, 1.165) is 18.6 Å². The van der Waals surface area contributed by atoms with E-state index < -0.39 is 0 Å². The third kappa shape index (κ3) is 3.87. The number of rotatable bonds is 5. The summed E-state index contributed by atoms with van der Waals surface area (Å²) in [5.74, 6) is 1.80. The molecular formula is C25H30OS. The average Bonchev–Trinajstić information content (AvgIpc) is 2.67. The normalized spacial score (nSPS) is 35.6. The van der Waals surface area contributed by atoms with Gasteiger partial charge in [0.15, 0.2) is 0 Å². The minimum atomic E-state index is -0.174. The van der Waals surface area contributed by atoms with E-state index >= 15 is 0 Å². The van der Waals surface area contributed by atoms with Crippen LogP contribution in [0.25, 0.3) is 0 Å². The van der Waals surface area contributed by atoms with Crippen LogP contribution >= 0.6 is 11.8 Å². The molecule has 0 saturated heterocycles. The smallest absolute Gasteiger partial charge is 0.125 e. The number of carbonyl (C=O) groups is 1. The van der Waals surface area contributed by atoms with E-state index in [-0.39, 0.29) is 10.8 Å². The lowest BCUT2D eigenvalue weighted by Crippen LogP contribution is -2.51. The Balaban J connectivity index is 1.63. The molecule has 4 rings (SSSR count). The van der Waals surface area contributed by atoms with Crippen LogP contribution in [0.15, 0.2) is 65.6 Å². The molecule has 0 spiro atoms. The van der Waals surface area contributed by atoms with Crippen molar-refractivity contribution in [3.05, 3.63) is 66.2 Å². The fourth-order valence-corrected chi connectivity index (χ4v) is 7.24. The molecule has 0 amide bonds. The second-order valence-electron chi connectivity index (χ2n) is 9.66. The summed E-state index contributed by atoms with van der Waals surface area (Å²) in [6, 6.07) is 21.8. The number of hydrogen-bond donors (Lipinski definition) is 0. The molecule has 2 aliphatic rings. The monoisotopic (exact) mass is 378 g/mol. The largest absolute Gasteiger partial charge is 0.303 e. The molecule has 2 bridgehead atoms. The Morgan fingerprint density at radius 3 is 2.26 bits per heavy atom. The lowest BCUT2D eigenvalue weighted by molar-refractivity contribution is -0.122. The lowest BCUT2D eigenvalue weighted by atomic mass is 9.48. The van der Waals surface area contributed by atoms with E-state index in [2.05, 4.69) is 74.5 Å². The molecule has 2 aromatic carbocycles. The number of aldehydes is 1. The Morgan fingerprint density at radius 1 is 0.926 bits per heavy atom. The molecule has 2 heteroatoms. The first-order valence-corrected chi connectivity index (χ1v) is 11.1. The van der Waals surface area contributed by atoms with Gasteiger partial charge in [-0.2, -0.15) is 0 Å². The molecule has 142 valence electrons. The van der Waals surface area contributed by atoms with Crippen LogP contribution in [-0.4, -0.2) is 12.0 Å². The van der Waals surface area contributed by atoms with Crippen LogP contribution in [0, 0.1) is 16.7 Å². The van der Waals surface area contributed by atoms with Crippen LogP contribution in [0.2, 0.25) is 0 Å². The van der Waals surface area contributed by atoms with E-state index in [4.69, 9.17) is 0 Å². The predicted molar refractivity (Wildman–Crippen MR) is 114 cm³/mol. The summed E-state index contributed by atoms with van der Waals surface area (Å²) < 4.78 is 0. The van der Waals surface area contributed by atoms with Crippen molar-refractivity contribution in [2.75, 3.05) is 5.75 Å². The zero-order valence-electron chi connectivity index (χ0n) is 16.5. The fraction of sp³-hybridized carbons (Fsp3) is 0.480. The fourth-order valence-electron chi connectivity index (χ4n) is 6.15. The second-order valence-corrected chi connectivity index (χ2v) is 10.7. The second kappa shape index (κ2) is 7.13. The number of thioether (sulfide) groups is 1. The summed E-state index contributed by atoms with van der Waals surface area (Å²) >= 11 is 1.99. The highest BCUT2D eigenvalue weighted by Gasteiger charge is 2.54. The summed E-state index contributed by atoms with van der Waals surface area (Å²) in [5, 5.41) is 0. The maximum Gasteiger partial charge on any atom is 0.125 e. The molecular weight excluding hydrogens is 348 g/mol. The molecule has 0 radical (unpaired) electrons. The molecule has 2 saturated carbocycles. The highest BCUT2D eigenvalue weighted by atomic mass is 32.2. The van der Waals surface area contributed by atoms with E-state index in [1.807, 2.05) is 11.8 Å². The topological polar surface area (TPSA) is 17.1 Å². The van der Waals surface area contributed by atoms with Gasteiger partial charge in [0.25, 0.3) is 0 Å². The van der Waals surface area contributed by atoms with Crippen molar-refractivity contribution in [3.8, 4) is 0 Å². The Kier molecular flexibility index (Phi) is 4.96. The zero-order chi connectivity index (χ0) is 19.0. The highest BCUT2D eigenvalue weighted by molar-refractivity contribution is 7.99. The number of hydrogen-bond acceptors (Lipinski definition) is 2. The van der Waals surface area contributed by atoms with Crippen LogP contribution in [-0.2, 0) is 10.2 Å². The lowest BCUT2D eigenvalue weighted by Gasteiger charge is -2.57. The maximum atomic E-state index is 12.0. The van der Waals surface area contributed by atoms with E-state index in [1.54, 1.807) is 0 Å². The van der Waals surface area contributed by atoms with Crippen molar-refractivity contribution in [2.24, 2.45) is 16.7 Å². The Morgan fingerprint density at radius 2 is 1.59 bits per heavy atom. The molecule has 0 aliphatic heterocycles. The van der Waals surface area contributed by atoms with Crippen LogP contribution in [0.5, 0.6) is 0 Å². The van der Waals surface area contributed by atoms with Gasteiger partial charge in [0, 0.05) is 16.1 Å². The molecule has 4 atom stereocenters. The molecule has 0 aromatic heterocycles. The third-order valence-corrected chi connectivity index (χ3v) is 8.17. The van der Waals surface area contributed by atoms with Gasteiger partial charge < -0.3 is 4.79 Å². The van der Waals surface area contributed by atoms with Crippen molar-refractivity contribution >= 4 is 18.0 Å². The molecule has 2 aromatic rings. The van der Waals surface area contributed by atoms with E-state index in [9.17, 15) is 4.79 Å². The SMILES string of the molecule is CC1(C=O)CC2CC(C)(CSc3ccccc3)CC(c3ccccc3)(C2)C1. The van der Waals surface area contributed by atoms with Crippen molar-refractivity contribution in [3.63, 3.8) is 0 Å². The quantitative estimate of drug-likeness (QED) is 0.435. The number of fused-ring (bicyclic) bond motifs is 2. The highest BCUT2D eigenvalue weighted by Crippen LogP contribution is 2.61. The van der Waals surface area contributed by atoms with Crippen molar-refractivity contribution < 1.29 is 4.79 Å². The predicted octanol–water partition coefficient (Wildman–Crippen LogP) is 6.52. The summed E-state index contributed by atoms with van der Waals surface area (Å²) in [6.45, 7) is 4.67. The first-order valence-electron chi connectivity index (χ1n) is 10.1. The van der Waals surface area contributed by atoms with Crippen molar-refractivity contribution in [1.29, 1.82) is 0 Å². The van der Waals surface area contributed by atoms with Crippen LogP contribution in [0.4, 0.5) is 0 Å². The molecule has 2 aliphatic carbocycles. The molecule has 0 heterocycles. The van der Waals surface area contributed by atoms with Gasteiger partial charge in [0.1, 0.15) is 6.29 Å². The van der Waals surface area contributed by atoms with Gasteiger partial charge in [-0.25, -0.2) is 0 Å². The summed E-state index contributed by atoms with van der Waals surface area (Å²) in [5.41, 5.74) is 1.72. The minimum Gasteiger partial charge on any atom is -0.303 e. The van der Waals surface area contributed by atoms with Crippen molar-refractivity contribution in [2.45, 2.75) is 56.3 Å². The summed E-state index contributed by atoms with van der Waals surface area (Å²) in [7, 11) is 0. The maximum absolute atomic E-state index is 12.0. The van der Waals surface area contributed by atoms with E-state index in [0.29, 0.717) is 11.3 Å². The first-order chi connectivity index (χ1) is 12.9. The first kappa shape index (κ1) is 18.8. The molecule has 2 fully saturated rings. The van der Waals surface area contributed by atoms with Crippen LogP contribution in [0.1, 0.15) is 51.5 Å². The van der Waals surface area contributed by atoms with Gasteiger partial charge in [-0.15, -0.1) is 11.8 Å². The van der Waals surface area contributed by atoms with Gasteiger partial charge in [-0.05, 0) is 66.5 Å². The summed E-state index contributed by atoms with van der Waals surface area (Å²) in [6.07, 6.45) is 6.96. The Bertz CT molecular complexity index is 788. The Hall–Kier alpha value is -1.54. The molecule has 1 nitrogen and oxygen atoms in total. The van der Waals surface area contributed by atoms with Gasteiger partial charge in [0.05, 0.1) is 0 Å². The summed E-state index contributed by atoms with van der Waals surface area (Å²) in [4.78, 5) is 13.3. The molecule has 0 N–H and O–H groups in total. The standard InChI is InChI=1S/C25H30OS/c1-23(18-26)13-20-14-24(2,19-27-22-11-7-4-8-12-22)17-25(15-20,16-23)21-9-5-3-6-10-21/h3-12,18,20H,13-17,19H2,1-2H3. The van der Waals surface area contributed by atoms with E-state index in [1.165, 1.54) is 36.0 Å². The Labute approximate surface area is 168 Å². The van der Waals surface area contributed by atoms with Gasteiger partial charge in [0.2, 0.25) is 0 Å². The number of benzene rings is 2. The third-order valence-electron chi connectivity index (χ3n) is 6.72. The van der Waals surface area contributed by atoms with Crippen LogP contribution in [0.3, 0.4) is 0 Å². The van der Waals surface area contributed by atoms with Gasteiger partial charge in [-0.1, -0.05) is 62.4 Å². The minimum absolute atomic E-state index is 0.143. The number of carbonyl (C=O) groups excluding carboxylic acids is 1. The average molecular weight is 379 g/mol. The molecule has 4 unspecified atom stereocenters. The molecule has 27 heavy (non-hydrogen) atoms. The zero-order valence-corrected chi connectivity index (χ0v) is 17.3. The van der Waals surface area contributed by atoms with Crippen molar-refractivity contribution in [1.82, 2.24) is 0 Å².